The second kappa shape index (κ2) is 9.90. The molecule has 1 saturated heterocycles. The third-order valence-electron chi connectivity index (χ3n) is 6.34. The van der Waals surface area contributed by atoms with Crippen molar-refractivity contribution < 1.29 is 27.9 Å². The Morgan fingerprint density at radius 1 is 1.09 bits per heavy atom. The number of hydrogen-bond acceptors (Lipinski definition) is 5. The lowest BCUT2D eigenvalue weighted by Gasteiger charge is -2.40. The number of nitrogens with zero attached hydrogens (tertiary/aromatic N) is 4. The number of halogens is 3. The van der Waals surface area contributed by atoms with E-state index in [0.717, 1.165) is 32.4 Å². The van der Waals surface area contributed by atoms with Gasteiger partial charge < -0.3 is 15.0 Å². The molecular formula is C23H24F3N5O4. The molecule has 0 spiro atoms. The third-order valence-corrected chi connectivity index (χ3v) is 6.34. The number of benzene rings is 1. The quantitative estimate of drug-likeness (QED) is 0.569. The lowest BCUT2D eigenvalue weighted by molar-refractivity contribution is -0.192. The smallest absolute Gasteiger partial charge is 0.475 e. The first kappa shape index (κ1) is 24.5. The molecular weight excluding hydrogens is 467 g/mol. The van der Waals surface area contributed by atoms with E-state index in [-0.39, 0.29) is 11.5 Å². The number of hydrogen-bond donors (Lipinski definition) is 2. The number of rotatable bonds is 2. The molecule has 0 atom stereocenters. The zero-order valence-electron chi connectivity index (χ0n) is 18.7. The van der Waals surface area contributed by atoms with Gasteiger partial charge in [0.15, 0.2) is 0 Å². The van der Waals surface area contributed by atoms with Gasteiger partial charge in [0.2, 0.25) is 0 Å². The Hall–Kier alpha value is -3.67. The number of fused-ring (bicyclic) bond motifs is 2. The van der Waals surface area contributed by atoms with Gasteiger partial charge in [-0.15, -0.1) is 0 Å². The summed E-state index contributed by atoms with van der Waals surface area (Å²) < 4.78 is 33.2. The van der Waals surface area contributed by atoms with Crippen molar-refractivity contribution in [2.24, 2.45) is 0 Å². The van der Waals surface area contributed by atoms with Gasteiger partial charge in [-0.25, -0.2) is 9.31 Å². The summed E-state index contributed by atoms with van der Waals surface area (Å²) in [7, 11) is 0. The molecule has 3 aromatic rings. The Kier molecular flexibility index (Phi) is 6.92. The summed E-state index contributed by atoms with van der Waals surface area (Å²) in [5.41, 5.74) is 3.31. The van der Waals surface area contributed by atoms with E-state index >= 15 is 0 Å². The second-order valence-electron chi connectivity index (χ2n) is 8.46. The van der Waals surface area contributed by atoms with E-state index in [9.17, 15) is 22.8 Å². The maximum absolute atomic E-state index is 13.0. The lowest BCUT2D eigenvalue weighted by atomic mass is 9.95. The van der Waals surface area contributed by atoms with Gasteiger partial charge in [-0.3, -0.25) is 14.5 Å². The van der Waals surface area contributed by atoms with Crippen LogP contribution in [0.1, 0.15) is 34.3 Å². The molecule has 186 valence electrons. The van der Waals surface area contributed by atoms with Crippen molar-refractivity contribution in [3.05, 3.63) is 69.9 Å². The summed E-state index contributed by atoms with van der Waals surface area (Å²) in [5, 5.41) is 11.3. The molecule has 1 fully saturated rings. The SMILES string of the molecule is O=C(O)C(F)(F)F.O=C(c1cnn2cc[nH]c(=O)c12)N1CCC(N2CCc3ccccc3C2)CC1. The number of aliphatic carboxylic acids is 1. The highest BCUT2D eigenvalue weighted by atomic mass is 19.4. The first-order valence-corrected chi connectivity index (χ1v) is 11.1. The van der Waals surface area contributed by atoms with Gasteiger partial charge in [0.25, 0.3) is 11.5 Å². The fraction of sp³-hybridized carbons (Fsp3) is 0.391. The van der Waals surface area contributed by atoms with E-state index in [0.29, 0.717) is 30.2 Å². The van der Waals surface area contributed by atoms with Crippen molar-refractivity contribution in [3.8, 4) is 0 Å². The molecule has 9 nitrogen and oxygen atoms in total. The average Bonchev–Trinajstić information content (AvgIpc) is 3.29. The normalized spacial score (nSPS) is 16.9. The molecule has 2 N–H and O–H groups in total. The molecule has 0 bridgehead atoms. The standard InChI is InChI=1S/C21H23N5O2.C2HF3O2/c27-20-19-18(13-23-26(19)12-8-22-20)21(28)24-10-6-17(7-11-24)25-9-5-15-3-1-2-4-16(15)14-25;3-2(4,5)1(6)7/h1-4,8,12-13,17H,5-7,9-11,14H2,(H,22,27);(H,6,7). The number of piperidine rings is 1. The fourth-order valence-corrected chi connectivity index (χ4v) is 4.54. The maximum atomic E-state index is 13.0. The highest BCUT2D eigenvalue weighted by Gasteiger charge is 2.38. The Bertz CT molecular complexity index is 1280. The van der Waals surface area contributed by atoms with Crippen molar-refractivity contribution in [1.82, 2.24) is 24.4 Å². The number of aromatic nitrogens is 3. The molecule has 1 amide bonds. The van der Waals surface area contributed by atoms with Crippen LogP contribution in [0, 0.1) is 0 Å². The molecule has 0 saturated carbocycles. The van der Waals surface area contributed by atoms with Crippen molar-refractivity contribution in [2.75, 3.05) is 19.6 Å². The molecule has 0 radical (unpaired) electrons. The highest BCUT2D eigenvalue weighted by Crippen LogP contribution is 2.25. The number of carbonyl (C=O) groups excluding carboxylic acids is 1. The Labute approximate surface area is 197 Å². The van der Waals surface area contributed by atoms with Crippen LogP contribution in [0.2, 0.25) is 0 Å². The summed E-state index contributed by atoms with van der Waals surface area (Å²) >= 11 is 0. The van der Waals surface area contributed by atoms with Crippen LogP contribution in [0.25, 0.3) is 5.52 Å². The van der Waals surface area contributed by atoms with E-state index in [1.807, 2.05) is 4.90 Å². The zero-order valence-corrected chi connectivity index (χ0v) is 18.7. The van der Waals surface area contributed by atoms with Crippen LogP contribution < -0.4 is 5.56 Å². The molecule has 2 aliphatic heterocycles. The van der Waals surface area contributed by atoms with Crippen LogP contribution in [0.5, 0.6) is 0 Å². The second-order valence-corrected chi connectivity index (χ2v) is 8.46. The summed E-state index contributed by atoms with van der Waals surface area (Å²) in [4.78, 5) is 41.0. The minimum absolute atomic E-state index is 0.103. The monoisotopic (exact) mass is 491 g/mol. The van der Waals surface area contributed by atoms with E-state index in [2.05, 4.69) is 39.2 Å². The van der Waals surface area contributed by atoms with Gasteiger partial charge in [0, 0.05) is 44.6 Å². The van der Waals surface area contributed by atoms with Crippen molar-refractivity contribution in [1.29, 1.82) is 0 Å². The van der Waals surface area contributed by atoms with Crippen LogP contribution >= 0.6 is 0 Å². The molecule has 1 aromatic carbocycles. The Balaban J connectivity index is 0.000000364. The predicted octanol–water partition coefficient (Wildman–Crippen LogP) is 2.32. The van der Waals surface area contributed by atoms with Crippen molar-refractivity contribution in [3.63, 3.8) is 0 Å². The first-order chi connectivity index (χ1) is 16.6. The van der Waals surface area contributed by atoms with E-state index in [4.69, 9.17) is 9.90 Å². The van der Waals surface area contributed by atoms with Gasteiger partial charge in [-0.2, -0.15) is 18.3 Å². The van der Waals surface area contributed by atoms with Crippen LogP contribution in [-0.2, 0) is 17.8 Å². The number of carbonyl (C=O) groups is 2. The summed E-state index contributed by atoms with van der Waals surface area (Å²) in [6.07, 6.45) is 2.61. The van der Waals surface area contributed by atoms with Crippen molar-refractivity contribution in [2.45, 2.75) is 38.0 Å². The number of carboxylic acid groups (broad SMARTS) is 1. The Morgan fingerprint density at radius 2 is 1.74 bits per heavy atom. The molecule has 4 heterocycles. The number of alkyl halides is 3. The molecule has 35 heavy (non-hydrogen) atoms. The zero-order chi connectivity index (χ0) is 25.2. The van der Waals surface area contributed by atoms with Gasteiger partial charge in [0.1, 0.15) is 5.52 Å². The minimum atomic E-state index is -5.08. The van der Waals surface area contributed by atoms with Crippen LogP contribution in [0.3, 0.4) is 0 Å². The van der Waals surface area contributed by atoms with Crippen LogP contribution in [0.4, 0.5) is 13.2 Å². The number of aromatic amines is 1. The first-order valence-electron chi connectivity index (χ1n) is 11.1. The summed E-state index contributed by atoms with van der Waals surface area (Å²) in [6, 6.07) is 9.19. The molecule has 0 aliphatic carbocycles. The fourth-order valence-electron chi connectivity index (χ4n) is 4.54. The maximum Gasteiger partial charge on any atom is 0.490 e. The van der Waals surface area contributed by atoms with Crippen LogP contribution in [0.15, 0.2) is 47.7 Å². The molecule has 5 rings (SSSR count). The summed E-state index contributed by atoms with van der Waals surface area (Å²) in [6.45, 7) is 3.50. The molecule has 0 unspecified atom stereocenters. The predicted molar refractivity (Wildman–Crippen MR) is 119 cm³/mol. The van der Waals surface area contributed by atoms with Gasteiger partial charge in [-0.05, 0) is 30.4 Å². The van der Waals surface area contributed by atoms with Gasteiger partial charge in [0.05, 0.1) is 11.8 Å². The van der Waals surface area contributed by atoms with Gasteiger partial charge >= 0.3 is 12.1 Å². The van der Waals surface area contributed by atoms with Crippen molar-refractivity contribution >= 4 is 17.4 Å². The van der Waals surface area contributed by atoms with E-state index < -0.39 is 12.1 Å². The number of likely N-dealkylation sites (tertiary alicyclic amines) is 1. The molecule has 2 aromatic heterocycles. The number of H-pyrrole nitrogens is 1. The topological polar surface area (TPSA) is 111 Å². The van der Waals surface area contributed by atoms with E-state index in [1.165, 1.54) is 28.0 Å². The highest BCUT2D eigenvalue weighted by molar-refractivity contribution is 6.00. The summed E-state index contributed by atoms with van der Waals surface area (Å²) in [5.74, 6) is -2.86. The van der Waals surface area contributed by atoms with E-state index in [1.54, 1.807) is 6.20 Å². The largest absolute Gasteiger partial charge is 0.490 e. The van der Waals surface area contributed by atoms with Gasteiger partial charge in [-0.1, -0.05) is 24.3 Å². The lowest BCUT2D eigenvalue weighted by Crippen LogP contribution is -2.48. The average molecular weight is 491 g/mol. The molecule has 2 aliphatic rings. The molecule has 12 heteroatoms. The Morgan fingerprint density at radius 3 is 2.40 bits per heavy atom. The minimum Gasteiger partial charge on any atom is -0.475 e. The number of amides is 1. The van der Waals surface area contributed by atoms with Crippen LogP contribution in [-0.4, -0.2) is 73.2 Å². The number of nitrogens with one attached hydrogen (secondary N) is 1. The third kappa shape index (κ3) is 5.37. The number of carboxylic acids is 1.